The molecule has 0 bridgehead atoms. The van der Waals surface area contributed by atoms with Gasteiger partial charge in [-0.25, -0.2) is 0 Å². The molecule has 3 N–H and O–H groups in total. The van der Waals surface area contributed by atoms with E-state index in [0.29, 0.717) is 10.6 Å². The summed E-state index contributed by atoms with van der Waals surface area (Å²) in [6.45, 7) is 0. The molecule has 0 atom stereocenters. The zero-order valence-electron chi connectivity index (χ0n) is 9.68. The zero-order valence-corrected chi connectivity index (χ0v) is 12.8. The third kappa shape index (κ3) is 3.43. The standard InChI is InChI=1S/C13H10BrClN2OS/c14-8-5-6-11(9(7-8)13(16)17-18)19-12-4-2-1-3-10(12)15/h1-7,18H,(H2,16,17). The van der Waals surface area contributed by atoms with Gasteiger partial charge < -0.3 is 10.9 Å². The Labute approximate surface area is 128 Å². The number of nitrogens with zero attached hydrogens (tertiary/aromatic N) is 1. The molecule has 98 valence electrons. The lowest BCUT2D eigenvalue weighted by molar-refractivity contribution is 0.318. The van der Waals surface area contributed by atoms with Gasteiger partial charge in [0.25, 0.3) is 0 Å². The van der Waals surface area contributed by atoms with Crippen LogP contribution in [0.5, 0.6) is 0 Å². The summed E-state index contributed by atoms with van der Waals surface area (Å²) in [5.74, 6) is 0.0656. The average molecular weight is 358 g/mol. The Bertz CT molecular complexity index is 634. The molecule has 0 spiro atoms. The highest BCUT2D eigenvalue weighted by molar-refractivity contribution is 9.10. The first kappa shape index (κ1) is 14.2. The lowest BCUT2D eigenvalue weighted by Crippen LogP contribution is -2.14. The first-order valence-electron chi connectivity index (χ1n) is 5.31. The summed E-state index contributed by atoms with van der Waals surface area (Å²) in [5, 5.41) is 12.6. The molecule has 0 saturated heterocycles. The fraction of sp³-hybridized carbons (Fsp3) is 0. The molecule has 0 aliphatic rings. The van der Waals surface area contributed by atoms with Crippen LogP contribution >= 0.6 is 39.3 Å². The van der Waals surface area contributed by atoms with Crippen LogP contribution in [0.4, 0.5) is 0 Å². The monoisotopic (exact) mass is 356 g/mol. The first-order valence-corrected chi connectivity index (χ1v) is 7.30. The third-order valence-corrected chi connectivity index (χ3v) is 4.47. The zero-order chi connectivity index (χ0) is 13.8. The summed E-state index contributed by atoms with van der Waals surface area (Å²) in [4.78, 5) is 1.78. The van der Waals surface area contributed by atoms with Crippen molar-refractivity contribution >= 4 is 45.1 Å². The number of nitrogens with two attached hydrogens (primary N) is 1. The second-order valence-electron chi connectivity index (χ2n) is 3.66. The molecule has 0 unspecified atom stereocenters. The summed E-state index contributed by atoms with van der Waals surface area (Å²) in [7, 11) is 0. The van der Waals surface area contributed by atoms with Gasteiger partial charge in [0.1, 0.15) is 0 Å². The van der Waals surface area contributed by atoms with Crippen molar-refractivity contribution in [1.82, 2.24) is 0 Å². The maximum atomic E-state index is 8.84. The average Bonchev–Trinajstić information content (AvgIpc) is 2.42. The normalized spacial score (nSPS) is 11.6. The fourth-order valence-corrected chi connectivity index (χ4v) is 3.06. The van der Waals surface area contributed by atoms with Crippen molar-refractivity contribution in [1.29, 1.82) is 0 Å². The molecule has 0 amide bonds. The minimum atomic E-state index is 0.0656. The van der Waals surface area contributed by atoms with Gasteiger partial charge in [-0.3, -0.25) is 0 Å². The molecular formula is C13H10BrClN2OS. The van der Waals surface area contributed by atoms with Gasteiger partial charge in [-0.1, -0.05) is 56.6 Å². The van der Waals surface area contributed by atoms with E-state index in [1.807, 2.05) is 36.4 Å². The Morgan fingerprint density at radius 3 is 2.63 bits per heavy atom. The van der Waals surface area contributed by atoms with Gasteiger partial charge in [0.05, 0.1) is 5.02 Å². The molecule has 0 aromatic heterocycles. The van der Waals surface area contributed by atoms with E-state index < -0.39 is 0 Å². The quantitative estimate of drug-likeness (QED) is 0.371. The van der Waals surface area contributed by atoms with Gasteiger partial charge in [0.2, 0.25) is 0 Å². The SMILES string of the molecule is N/C(=N/O)c1cc(Br)ccc1Sc1ccccc1Cl. The van der Waals surface area contributed by atoms with Crippen molar-refractivity contribution in [2.45, 2.75) is 9.79 Å². The predicted molar refractivity (Wildman–Crippen MR) is 82.2 cm³/mol. The van der Waals surface area contributed by atoms with E-state index in [-0.39, 0.29) is 5.84 Å². The van der Waals surface area contributed by atoms with E-state index in [0.717, 1.165) is 14.3 Å². The smallest absolute Gasteiger partial charge is 0.171 e. The molecule has 0 aliphatic heterocycles. The van der Waals surface area contributed by atoms with Crippen LogP contribution < -0.4 is 5.73 Å². The third-order valence-electron chi connectivity index (χ3n) is 2.38. The van der Waals surface area contributed by atoms with Crippen molar-refractivity contribution < 1.29 is 5.21 Å². The van der Waals surface area contributed by atoms with Crippen molar-refractivity contribution in [3.63, 3.8) is 0 Å². The molecule has 0 aliphatic carbocycles. The fourth-order valence-electron chi connectivity index (χ4n) is 1.49. The van der Waals surface area contributed by atoms with E-state index >= 15 is 0 Å². The minimum Gasteiger partial charge on any atom is -0.409 e. The molecule has 2 aromatic carbocycles. The molecule has 2 aromatic rings. The summed E-state index contributed by atoms with van der Waals surface area (Å²) < 4.78 is 0.859. The summed E-state index contributed by atoms with van der Waals surface area (Å²) in [5.41, 5.74) is 6.34. The maximum Gasteiger partial charge on any atom is 0.171 e. The van der Waals surface area contributed by atoms with Crippen molar-refractivity contribution in [2.24, 2.45) is 10.9 Å². The van der Waals surface area contributed by atoms with Gasteiger partial charge in [0.15, 0.2) is 5.84 Å². The van der Waals surface area contributed by atoms with Gasteiger partial charge in [0, 0.05) is 19.8 Å². The number of rotatable bonds is 3. The Hall–Kier alpha value is -1.17. The van der Waals surface area contributed by atoms with Gasteiger partial charge in [-0.05, 0) is 30.3 Å². The molecule has 2 rings (SSSR count). The highest BCUT2D eigenvalue weighted by Gasteiger charge is 2.11. The minimum absolute atomic E-state index is 0.0656. The van der Waals surface area contributed by atoms with Crippen LogP contribution in [0.25, 0.3) is 0 Å². The molecule has 19 heavy (non-hydrogen) atoms. The van der Waals surface area contributed by atoms with E-state index in [1.54, 1.807) is 6.07 Å². The Morgan fingerprint density at radius 1 is 1.21 bits per heavy atom. The Kier molecular flexibility index (Phi) is 4.74. The summed E-state index contributed by atoms with van der Waals surface area (Å²) >= 11 is 11.0. The second kappa shape index (κ2) is 6.32. The van der Waals surface area contributed by atoms with E-state index in [4.69, 9.17) is 22.5 Å². The molecule has 6 heteroatoms. The van der Waals surface area contributed by atoms with Crippen molar-refractivity contribution in [2.75, 3.05) is 0 Å². The largest absolute Gasteiger partial charge is 0.409 e. The Morgan fingerprint density at radius 2 is 1.95 bits per heavy atom. The number of oxime groups is 1. The molecule has 0 radical (unpaired) electrons. The van der Waals surface area contributed by atoms with Crippen LogP contribution in [0.1, 0.15) is 5.56 Å². The predicted octanol–water partition coefficient (Wildman–Crippen LogP) is 4.35. The van der Waals surface area contributed by atoms with Crippen LogP contribution in [-0.2, 0) is 0 Å². The van der Waals surface area contributed by atoms with Gasteiger partial charge in [-0.15, -0.1) is 0 Å². The van der Waals surface area contributed by atoms with Crippen LogP contribution in [-0.4, -0.2) is 11.0 Å². The molecular weight excluding hydrogens is 348 g/mol. The highest BCUT2D eigenvalue weighted by atomic mass is 79.9. The molecule has 0 heterocycles. The number of hydrogen-bond acceptors (Lipinski definition) is 3. The van der Waals surface area contributed by atoms with Gasteiger partial charge in [-0.2, -0.15) is 0 Å². The molecule has 0 fully saturated rings. The Balaban J connectivity index is 2.43. The van der Waals surface area contributed by atoms with E-state index in [1.165, 1.54) is 11.8 Å². The summed E-state index contributed by atoms with van der Waals surface area (Å²) in [6, 6.07) is 13.1. The van der Waals surface area contributed by atoms with Gasteiger partial charge >= 0.3 is 0 Å². The van der Waals surface area contributed by atoms with Crippen LogP contribution in [0.15, 0.2) is 61.9 Å². The lowest BCUT2D eigenvalue weighted by atomic mass is 10.2. The lowest BCUT2D eigenvalue weighted by Gasteiger charge is -2.09. The number of hydrogen-bond donors (Lipinski definition) is 2. The topological polar surface area (TPSA) is 58.6 Å². The maximum absolute atomic E-state index is 8.84. The van der Waals surface area contributed by atoms with Crippen molar-refractivity contribution in [3.8, 4) is 0 Å². The molecule has 0 saturated carbocycles. The van der Waals surface area contributed by atoms with E-state index in [2.05, 4.69) is 21.1 Å². The molecule has 3 nitrogen and oxygen atoms in total. The second-order valence-corrected chi connectivity index (χ2v) is 6.06. The van der Waals surface area contributed by atoms with Crippen LogP contribution in [0, 0.1) is 0 Å². The number of benzene rings is 2. The summed E-state index contributed by atoms with van der Waals surface area (Å²) in [6.07, 6.45) is 0. The highest BCUT2D eigenvalue weighted by Crippen LogP contribution is 2.35. The van der Waals surface area contributed by atoms with E-state index in [9.17, 15) is 0 Å². The van der Waals surface area contributed by atoms with Crippen LogP contribution in [0.2, 0.25) is 5.02 Å². The first-order chi connectivity index (χ1) is 9.11. The van der Waals surface area contributed by atoms with Crippen LogP contribution in [0.3, 0.4) is 0 Å². The van der Waals surface area contributed by atoms with Crippen molar-refractivity contribution in [3.05, 3.63) is 57.5 Å². The number of amidine groups is 1. The number of halogens is 2.